The van der Waals surface area contributed by atoms with Crippen LogP contribution in [-0.2, 0) is 11.2 Å². The number of hydrogen-bond donors (Lipinski definition) is 1. The van der Waals surface area contributed by atoms with Gasteiger partial charge in [0.1, 0.15) is 0 Å². The number of amides is 1. The van der Waals surface area contributed by atoms with Crippen molar-refractivity contribution < 1.29 is 14.7 Å². The molecule has 1 heterocycles. The van der Waals surface area contributed by atoms with Crippen molar-refractivity contribution in [1.82, 2.24) is 0 Å². The highest BCUT2D eigenvalue weighted by Crippen LogP contribution is 2.31. The van der Waals surface area contributed by atoms with E-state index in [0.717, 1.165) is 5.56 Å². The van der Waals surface area contributed by atoms with Gasteiger partial charge in [0.2, 0.25) is 5.91 Å². The predicted molar refractivity (Wildman–Crippen MR) is 78.1 cm³/mol. The van der Waals surface area contributed by atoms with Crippen LogP contribution < -0.4 is 4.90 Å². The second-order valence-corrected chi connectivity index (χ2v) is 5.97. The SMILES string of the molecule is CC(C)(C#N)CCCN1C(=O)Cc2ccc(C(=O)O)cc21. The standard InChI is InChI=1S/C16H18N2O3/c1-16(2,10-17)6-3-7-18-13-8-12(15(20)21)5-4-11(13)9-14(18)19/h4-5,8H,3,6-7,9H2,1-2H3,(H,20,21). The largest absolute Gasteiger partial charge is 0.478 e. The van der Waals surface area contributed by atoms with Crippen LogP contribution in [0.1, 0.15) is 42.6 Å². The van der Waals surface area contributed by atoms with Crippen molar-refractivity contribution in [2.45, 2.75) is 33.1 Å². The van der Waals surface area contributed by atoms with Crippen molar-refractivity contribution in [2.24, 2.45) is 5.41 Å². The molecule has 1 aromatic carbocycles. The van der Waals surface area contributed by atoms with E-state index < -0.39 is 11.4 Å². The highest BCUT2D eigenvalue weighted by atomic mass is 16.4. The second-order valence-electron chi connectivity index (χ2n) is 5.97. The van der Waals surface area contributed by atoms with Gasteiger partial charge in [-0.05, 0) is 44.4 Å². The van der Waals surface area contributed by atoms with E-state index in [1.54, 1.807) is 17.0 Å². The van der Waals surface area contributed by atoms with Crippen LogP contribution in [0.3, 0.4) is 0 Å². The molecule has 0 bridgehead atoms. The summed E-state index contributed by atoms with van der Waals surface area (Å²) >= 11 is 0. The van der Waals surface area contributed by atoms with Crippen LogP contribution in [0.2, 0.25) is 0 Å². The average Bonchev–Trinajstić information content (AvgIpc) is 2.74. The van der Waals surface area contributed by atoms with Crippen LogP contribution in [0.5, 0.6) is 0 Å². The Labute approximate surface area is 123 Å². The number of hydrogen-bond acceptors (Lipinski definition) is 3. The molecular weight excluding hydrogens is 268 g/mol. The van der Waals surface area contributed by atoms with Gasteiger partial charge in [0.05, 0.1) is 23.5 Å². The number of nitriles is 1. The minimum Gasteiger partial charge on any atom is -0.478 e. The molecule has 1 N–H and O–H groups in total. The summed E-state index contributed by atoms with van der Waals surface area (Å²) in [6, 6.07) is 7.02. The Morgan fingerprint density at radius 2 is 2.19 bits per heavy atom. The van der Waals surface area contributed by atoms with E-state index in [2.05, 4.69) is 6.07 Å². The van der Waals surface area contributed by atoms with E-state index in [0.29, 0.717) is 31.5 Å². The number of nitrogens with zero attached hydrogens (tertiary/aromatic N) is 2. The molecule has 0 saturated carbocycles. The molecule has 0 saturated heterocycles. The molecule has 1 aromatic rings. The second kappa shape index (κ2) is 5.57. The van der Waals surface area contributed by atoms with Crippen molar-refractivity contribution in [3.05, 3.63) is 29.3 Å². The zero-order chi connectivity index (χ0) is 15.6. The van der Waals surface area contributed by atoms with Gasteiger partial charge in [-0.25, -0.2) is 4.79 Å². The quantitative estimate of drug-likeness (QED) is 0.902. The average molecular weight is 286 g/mol. The Kier molecular flexibility index (Phi) is 3.99. The van der Waals surface area contributed by atoms with Crippen molar-refractivity contribution in [1.29, 1.82) is 5.26 Å². The number of carbonyl (C=O) groups is 2. The number of rotatable bonds is 5. The molecule has 0 aliphatic carbocycles. The predicted octanol–water partition coefficient (Wildman–Crippen LogP) is 2.60. The molecule has 5 nitrogen and oxygen atoms in total. The number of anilines is 1. The third-order valence-corrected chi connectivity index (χ3v) is 3.75. The highest BCUT2D eigenvalue weighted by molar-refractivity contribution is 6.03. The fraction of sp³-hybridized carbons (Fsp3) is 0.438. The molecule has 1 aliphatic rings. The maximum absolute atomic E-state index is 12.1. The van der Waals surface area contributed by atoms with Gasteiger partial charge in [-0.15, -0.1) is 0 Å². The van der Waals surface area contributed by atoms with Gasteiger partial charge in [-0.3, -0.25) is 4.79 Å². The van der Waals surface area contributed by atoms with E-state index in [-0.39, 0.29) is 11.5 Å². The van der Waals surface area contributed by atoms with Gasteiger partial charge in [0, 0.05) is 12.2 Å². The summed E-state index contributed by atoms with van der Waals surface area (Å²) in [7, 11) is 0. The minimum absolute atomic E-state index is 0.0118. The Morgan fingerprint density at radius 3 is 2.81 bits per heavy atom. The van der Waals surface area contributed by atoms with Gasteiger partial charge >= 0.3 is 5.97 Å². The lowest BCUT2D eigenvalue weighted by Gasteiger charge is -2.20. The summed E-state index contributed by atoms with van der Waals surface area (Å²) in [4.78, 5) is 24.7. The lowest BCUT2D eigenvalue weighted by Crippen LogP contribution is -2.28. The van der Waals surface area contributed by atoms with Crippen LogP contribution in [0.4, 0.5) is 5.69 Å². The summed E-state index contributed by atoms with van der Waals surface area (Å²) in [5.41, 5.74) is 1.33. The van der Waals surface area contributed by atoms with Crippen molar-refractivity contribution in [2.75, 3.05) is 11.4 Å². The molecule has 0 aromatic heterocycles. The van der Waals surface area contributed by atoms with Gasteiger partial charge in [0.25, 0.3) is 0 Å². The summed E-state index contributed by atoms with van der Waals surface area (Å²) in [5.74, 6) is -1.01. The molecule has 0 atom stereocenters. The summed E-state index contributed by atoms with van der Waals surface area (Å²) in [6.07, 6.45) is 1.72. The van der Waals surface area contributed by atoms with Gasteiger partial charge < -0.3 is 10.0 Å². The number of carboxylic acids is 1. The Morgan fingerprint density at radius 1 is 1.48 bits per heavy atom. The van der Waals surface area contributed by atoms with E-state index in [9.17, 15) is 9.59 Å². The van der Waals surface area contributed by atoms with Crippen LogP contribution >= 0.6 is 0 Å². The number of carboxylic acid groups (broad SMARTS) is 1. The molecule has 5 heteroatoms. The van der Waals surface area contributed by atoms with E-state index in [4.69, 9.17) is 10.4 Å². The van der Waals surface area contributed by atoms with Crippen LogP contribution in [0.25, 0.3) is 0 Å². The first-order valence-corrected chi connectivity index (χ1v) is 6.92. The first-order valence-electron chi connectivity index (χ1n) is 6.92. The van der Waals surface area contributed by atoms with E-state index >= 15 is 0 Å². The molecule has 1 aliphatic heterocycles. The lowest BCUT2D eigenvalue weighted by atomic mass is 9.90. The van der Waals surface area contributed by atoms with Gasteiger partial charge in [0.15, 0.2) is 0 Å². The van der Waals surface area contributed by atoms with Gasteiger partial charge in [-0.2, -0.15) is 5.26 Å². The first-order chi connectivity index (χ1) is 9.84. The maximum Gasteiger partial charge on any atom is 0.335 e. The van der Waals surface area contributed by atoms with Crippen LogP contribution in [0.15, 0.2) is 18.2 Å². The van der Waals surface area contributed by atoms with Crippen molar-refractivity contribution in [3.63, 3.8) is 0 Å². The number of carbonyl (C=O) groups excluding carboxylic acids is 1. The molecule has 0 unspecified atom stereocenters. The monoisotopic (exact) mass is 286 g/mol. The molecule has 110 valence electrons. The molecule has 21 heavy (non-hydrogen) atoms. The van der Waals surface area contributed by atoms with Crippen molar-refractivity contribution in [3.8, 4) is 6.07 Å². The molecule has 0 fully saturated rings. The van der Waals surface area contributed by atoms with E-state index in [1.807, 2.05) is 13.8 Å². The number of fused-ring (bicyclic) bond motifs is 1. The third kappa shape index (κ3) is 3.22. The maximum atomic E-state index is 12.1. The lowest BCUT2D eigenvalue weighted by molar-refractivity contribution is -0.117. The molecule has 2 rings (SSSR count). The zero-order valence-corrected chi connectivity index (χ0v) is 12.2. The van der Waals surface area contributed by atoms with Crippen molar-refractivity contribution >= 4 is 17.6 Å². The highest BCUT2D eigenvalue weighted by Gasteiger charge is 2.28. The fourth-order valence-electron chi connectivity index (χ4n) is 2.47. The topological polar surface area (TPSA) is 81.4 Å². The summed E-state index contributed by atoms with van der Waals surface area (Å²) in [6.45, 7) is 4.25. The molecule has 0 radical (unpaired) electrons. The first kappa shape index (κ1) is 15.0. The van der Waals surface area contributed by atoms with Crippen LogP contribution in [0, 0.1) is 16.7 Å². The molecule has 1 amide bonds. The smallest absolute Gasteiger partial charge is 0.335 e. The molecular formula is C16H18N2O3. The normalized spacial score (nSPS) is 14.0. The Bertz CT molecular complexity index is 629. The Balaban J connectivity index is 2.12. The van der Waals surface area contributed by atoms with E-state index in [1.165, 1.54) is 6.07 Å². The fourth-order valence-corrected chi connectivity index (χ4v) is 2.47. The van der Waals surface area contributed by atoms with Crippen LogP contribution in [-0.4, -0.2) is 23.5 Å². The zero-order valence-electron chi connectivity index (χ0n) is 12.2. The third-order valence-electron chi connectivity index (χ3n) is 3.75. The molecule has 0 spiro atoms. The number of aromatic carboxylic acids is 1. The summed E-state index contributed by atoms with van der Waals surface area (Å²) < 4.78 is 0. The minimum atomic E-state index is -0.997. The van der Waals surface area contributed by atoms with Gasteiger partial charge in [-0.1, -0.05) is 6.07 Å². The number of benzene rings is 1. The Hall–Kier alpha value is -2.35. The summed E-state index contributed by atoms with van der Waals surface area (Å²) in [5, 5.41) is 18.0.